The SMILES string of the molecule is COc1ccc(-c2ccc(NCc3cc(C(=O)NS(=O)(=O)c4ccccc4C)oc3C)cc2)nc1. The van der Waals surface area contributed by atoms with Crippen LogP contribution in [0.1, 0.15) is 27.4 Å². The Hall–Kier alpha value is -4.11. The van der Waals surface area contributed by atoms with Crippen molar-refractivity contribution in [1.82, 2.24) is 9.71 Å². The second-order valence-corrected chi connectivity index (χ2v) is 9.56. The van der Waals surface area contributed by atoms with Crippen LogP contribution >= 0.6 is 0 Å². The lowest BCUT2D eigenvalue weighted by atomic mass is 10.1. The molecule has 0 saturated carbocycles. The first kappa shape index (κ1) is 24.0. The zero-order valence-corrected chi connectivity index (χ0v) is 20.3. The average molecular weight is 492 g/mol. The Morgan fingerprint density at radius 1 is 1.03 bits per heavy atom. The van der Waals surface area contributed by atoms with E-state index in [1.54, 1.807) is 51.4 Å². The molecule has 0 aliphatic rings. The molecule has 4 rings (SSSR count). The number of hydrogen-bond donors (Lipinski definition) is 2. The molecule has 180 valence electrons. The van der Waals surface area contributed by atoms with Gasteiger partial charge in [-0.05, 0) is 55.8 Å². The summed E-state index contributed by atoms with van der Waals surface area (Å²) in [6, 6.07) is 19.5. The summed E-state index contributed by atoms with van der Waals surface area (Å²) in [4.78, 5) is 17.0. The van der Waals surface area contributed by atoms with Gasteiger partial charge in [0, 0.05) is 23.4 Å². The van der Waals surface area contributed by atoms with E-state index in [2.05, 4.69) is 15.0 Å². The van der Waals surface area contributed by atoms with Gasteiger partial charge in [-0.25, -0.2) is 13.1 Å². The van der Waals surface area contributed by atoms with Crippen LogP contribution in [0.15, 0.2) is 82.2 Å². The monoisotopic (exact) mass is 491 g/mol. The minimum atomic E-state index is -4.02. The molecule has 1 amide bonds. The van der Waals surface area contributed by atoms with Gasteiger partial charge in [0.1, 0.15) is 11.5 Å². The van der Waals surface area contributed by atoms with Gasteiger partial charge in [0.2, 0.25) is 0 Å². The predicted molar refractivity (Wildman–Crippen MR) is 133 cm³/mol. The molecule has 0 bridgehead atoms. The third-order valence-corrected chi connectivity index (χ3v) is 6.98. The van der Waals surface area contributed by atoms with Crippen molar-refractivity contribution in [2.24, 2.45) is 0 Å². The second-order valence-electron chi connectivity index (χ2n) is 7.91. The maximum absolute atomic E-state index is 12.6. The number of ether oxygens (including phenoxy) is 1. The Kier molecular flexibility index (Phi) is 6.88. The molecule has 35 heavy (non-hydrogen) atoms. The number of nitrogens with one attached hydrogen (secondary N) is 2. The number of amides is 1. The number of carbonyl (C=O) groups excluding carboxylic acids is 1. The molecule has 2 aromatic carbocycles. The summed E-state index contributed by atoms with van der Waals surface area (Å²) in [6.45, 7) is 3.79. The van der Waals surface area contributed by atoms with Crippen LogP contribution in [-0.2, 0) is 16.6 Å². The summed E-state index contributed by atoms with van der Waals surface area (Å²) in [5.41, 5.74) is 3.95. The Morgan fingerprint density at radius 3 is 2.43 bits per heavy atom. The molecular formula is C26H25N3O5S. The normalized spacial score (nSPS) is 11.2. The molecule has 0 aliphatic carbocycles. The van der Waals surface area contributed by atoms with Gasteiger partial charge in [-0.3, -0.25) is 9.78 Å². The van der Waals surface area contributed by atoms with Gasteiger partial charge in [-0.1, -0.05) is 30.3 Å². The van der Waals surface area contributed by atoms with Crippen molar-refractivity contribution in [1.29, 1.82) is 0 Å². The van der Waals surface area contributed by atoms with Crippen molar-refractivity contribution in [3.05, 3.63) is 95.6 Å². The van der Waals surface area contributed by atoms with Crippen LogP contribution in [0.3, 0.4) is 0 Å². The highest BCUT2D eigenvalue weighted by Crippen LogP contribution is 2.23. The zero-order chi connectivity index (χ0) is 25.0. The van der Waals surface area contributed by atoms with E-state index < -0.39 is 15.9 Å². The van der Waals surface area contributed by atoms with E-state index in [4.69, 9.17) is 9.15 Å². The summed E-state index contributed by atoms with van der Waals surface area (Å²) in [6.07, 6.45) is 1.67. The topological polar surface area (TPSA) is 111 Å². The molecule has 0 fully saturated rings. The molecule has 2 N–H and O–H groups in total. The highest BCUT2D eigenvalue weighted by molar-refractivity contribution is 7.90. The minimum Gasteiger partial charge on any atom is -0.495 e. The van der Waals surface area contributed by atoms with Gasteiger partial charge >= 0.3 is 5.91 Å². The largest absolute Gasteiger partial charge is 0.495 e. The molecule has 8 nitrogen and oxygen atoms in total. The number of aryl methyl sites for hydroxylation is 2. The van der Waals surface area contributed by atoms with Gasteiger partial charge in [-0.15, -0.1) is 0 Å². The molecule has 0 radical (unpaired) electrons. The van der Waals surface area contributed by atoms with Crippen molar-refractivity contribution in [2.45, 2.75) is 25.3 Å². The first-order valence-corrected chi connectivity index (χ1v) is 12.3. The van der Waals surface area contributed by atoms with Crippen molar-refractivity contribution in [3.8, 4) is 17.0 Å². The number of carbonyl (C=O) groups is 1. The Balaban J connectivity index is 1.40. The van der Waals surface area contributed by atoms with Crippen LogP contribution in [0, 0.1) is 13.8 Å². The molecule has 0 spiro atoms. The Bertz CT molecular complexity index is 1440. The lowest BCUT2D eigenvalue weighted by Crippen LogP contribution is -2.30. The molecule has 2 heterocycles. The van der Waals surface area contributed by atoms with Crippen LogP contribution < -0.4 is 14.8 Å². The van der Waals surface area contributed by atoms with E-state index >= 15 is 0 Å². The van der Waals surface area contributed by atoms with Crippen molar-refractivity contribution in [2.75, 3.05) is 12.4 Å². The van der Waals surface area contributed by atoms with E-state index in [9.17, 15) is 13.2 Å². The van der Waals surface area contributed by atoms with Crippen LogP contribution in [0.4, 0.5) is 5.69 Å². The van der Waals surface area contributed by atoms with Gasteiger partial charge < -0.3 is 14.5 Å². The third-order valence-electron chi connectivity index (χ3n) is 5.49. The number of hydrogen-bond acceptors (Lipinski definition) is 7. The Morgan fingerprint density at radius 2 is 1.77 bits per heavy atom. The standard InChI is InChI=1S/C26H25N3O5S/c1-17-6-4-5-7-25(17)35(31,32)29-26(30)24-14-20(18(2)34-24)15-27-21-10-8-19(9-11-21)23-13-12-22(33-3)16-28-23/h4-14,16,27H,15H2,1-3H3,(H,29,30). The van der Waals surface area contributed by atoms with Gasteiger partial charge in [0.05, 0.1) is 23.9 Å². The quantitative estimate of drug-likeness (QED) is 0.368. The lowest BCUT2D eigenvalue weighted by molar-refractivity contribution is 0.0953. The van der Waals surface area contributed by atoms with Gasteiger partial charge in [0.15, 0.2) is 5.76 Å². The van der Waals surface area contributed by atoms with E-state index in [1.807, 2.05) is 36.4 Å². The molecule has 0 atom stereocenters. The average Bonchev–Trinajstić information content (AvgIpc) is 3.23. The third kappa shape index (κ3) is 5.52. The molecule has 0 aliphatic heterocycles. The molecule has 2 aromatic heterocycles. The molecule has 9 heteroatoms. The van der Waals surface area contributed by atoms with Crippen LogP contribution in [0.5, 0.6) is 5.75 Å². The molecule has 0 unspecified atom stereocenters. The summed E-state index contributed by atoms with van der Waals surface area (Å²) >= 11 is 0. The summed E-state index contributed by atoms with van der Waals surface area (Å²) in [5, 5.41) is 3.28. The van der Waals surface area contributed by atoms with E-state index in [-0.39, 0.29) is 10.7 Å². The van der Waals surface area contributed by atoms with Crippen LogP contribution in [0.25, 0.3) is 11.3 Å². The zero-order valence-electron chi connectivity index (χ0n) is 19.5. The first-order valence-electron chi connectivity index (χ1n) is 10.8. The molecule has 0 saturated heterocycles. The van der Waals surface area contributed by atoms with Crippen molar-refractivity contribution >= 4 is 21.6 Å². The molecule has 4 aromatic rings. The number of furan rings is 1. The fourth-order valence-electron chi connectivity index (χ4n) is 3.52. The number of methoxy groups -OCH3 is 1. The number of sulfonamides is 1. The summed E-state index contributed by atoms with van der Waals surface area (Å²) in [5.74, 6) is 0.328. The van der Waals surface area contributed by atoms with Crippen LogP contribution in [0.2, 0.25) is 0 Å². The summed E-state index contributed by atoms with van der Waals surface area (Å²) < 4.78 is 38.0. The number of pyridine rings is 1. The maximum atomic E-state index is 12.6. The van der Waals surface area contributed by atoms with Gasteiger partial charge in [-0.2, -0.15) is 0 Å². The highest BCUT2D eigenvalue weighted by atomic mass is 32.2. The fraction of sp³-hybridized carbons (Fsp3) is 0.154. The predicted octanol–water partition coefficient (Wildman–Crippen LogP) is 4.70. The van der Waals surface area contributed by atoms with Gasteiger partial charge in [0.25, 0.3) is 10.0 Å². The summed E-state index contributed by atoms with van der Waals surface area (Å²) in [7, 11) is -2.42. The number of rotatable bonds is 8. The smallest absolute Gasteiger partial charge is 0.300 e. The Labute approximate surface area is 204 Å². The number of benzene rings is 2. The lowest BCUT2D eigenvalue weighted by Gasteiger charge is -2.08. The van der Waals surface area contributed by atoms with Crippen LogP contribution in [-0.4, -0.2) is 26.4 Å². The maximum Gasteiger partial charge on any atom is 0.300 e. The number of anilines is 1. The number of nitrogens with zero attached hydrogens (tertiary/aromatic N) is 1. The van der Waals surface area contributed by atoms with E-state index in [1.165, 1.54) is 6.07 Å². The van der Waals surface area contributed by atoms with E-state index in [0.717, 1.165) is 22.5 Å². The molecular weight excluding hydrogens is 466 g/mol. The number of aromatic nitrogens is 1. The minimum absolute atomic E-state index is 0.0480. The van der Waals surface area contributed by atoms with Crippen molar-refractivity contribution in [3.63, 3.8) is 0 Å². The highest BCUT2D eigenvalue weighted by Gasteiger charge is 2.23. The second kappa shape index (κ2) is 10.0. The fourth-order valence-corrected chi connectivity index (χ4v) is 4.72. The first-order chi connectivity index (χ1) is 16.8. The van der Waals surface area contributed by atoms with Crippen molar-refractivity contribution < 1.29 is 22.4 Å². The van der Waals surface area contributed by atoms with E-state index in [0.29, 0.717) is 23.6 Å².